The number of anilines is 1. The van der Waals surface area contributed by atoms with Crippen LogP contribution in [0.1, 0.15) is 27.4 Å². The van der Waals surface area contributed by atoms with E-state index in [0.29, 0.717) is 6.54 Å². The van der Waals surface area contributed by atoms with Crippen LogP contribution in [0.5, 0.6) is 0 Å². The van der Waals surface area contributed by atoms with Gasteiger partial charge >= 0.3 is 6.18 Å². The van der Waals surface area contributed by atoms with E-state index in [4.69, 9.17) is 4.42 Å². The van der Waals surface area contributed by atoms with Crippen molar-refractivity contribution < 1.29 is 27.2 Å². The van der Waals surface area contributed by atoms with Crippen LogP contribution in [-0.4, -0.2) is 34.3 Å². The minimum atomic E-state index is -4.54. The summed E-state index contributed by atoms with van der Waals surface area (Å²) in [6, 6.07) is 11.8. The third kappa shape index (κ3) is 4.93. The lowest BCUT2D eigenvalue weighted by atomic mass is 10.1. The SMILES string of the molecule is O=C(NCc1nnc(SCC(=O)N2CCc3ccccc32)o1)c1cccc(C(F)(F)F)c1. The molecule has 0 unspecified atom stereocenters. The standard InChI is InChI=1S/C21H17F3N4O3S/c22-21(23,24)15-6-3-5-14(10-15)19(30)25-11-17-26-27-20(31-17)32-12-18(29)28-9-8-13-4-1-2-7-16(13)28/h1-7,10H,8-9,11-12H2,(H,25,30). The number of para-hydroxylation sites is 1. The molecule has 11 heteroatoms. The average Bonchev–Trinajstić information content (AvgIpc) is 3.42. The highest BCUT2D eigenvalue weighted by molar-refractivity contribution is 7.99. The van der Waals surface area contributed by atoms with Gasteiger partial charge in [0, 0.05) is 17.8 Å². The van der Waals surface area contributed by atoms with Crippen molar-refractivity contribution in [1.82, 2.24) is 15.5 Å². The highest BCUT2D eigenvalue weighted by Crippen LogP contribution is 2.30. The minimum Gasteiger partial charge on any atom is -0.414 e. The molecule has 0 radical (unpaired) electrons. The molecule has 7 nitrogen and oxygen atoms in total. The number of aromatic nitrogens is 2. The number of nitrogens with zero attached hydrogens (tertiary/aromatic N) is 3. The second-order valence-electron chi connectivity index (χ2n) is 6.94. The maximum atomic E-state index is 12.8. The summed E-state index contributed by atoms with van der Waals surface area (Å²) < 4.78 is 43.8. The smallest absolute Gasteiger partial charge is 0.414 e. The molecule has 3 aromatic rings. The van der Waals surface area contributed by atoms with E-state index in [1.54, 1.807) is 4.90 Å². The Labute approximate surface area is 185 Å². The van der Waals surface area contributed by atoms with E-state index in [1.165, 1.54) is 6.07 Å². The van der Waals surface area contributed by atoms with Gasteiger partial charge in [0.2, 0.25) is 11.8 Å². The molecule has 0 saturated heterocycles. The molecule has 0 bridgehead atoms. The van der Waals surface area contributed by atoms with E-state index in [2.05, 4.69) is 15.5 Å². The van der Waals surface area contributed by atoms with E-state index < -0.39 is 17.6 Å². The Hall–Kier alpha value is -3.34. The quantitative estimate of drug-likeness (QED) is 0.562. The summed E-state index contributed by atoms with van der Waals surface area (Å²) in [7, 11) is 0. The van der Waals surface area contributed by atoms with Gasteiger partial charge in [-0.1, -0.05) is 36.0 Å². The number of rotatable bonds is 6. The molecule has 0 saturated carbocycles. The number of thioether (sulfide) groups is 1. The Bertz CT molecular complexity index is 1150. The average molecular weight is 462 g/mol. The first-order valence-corrected chi connectivity index (χ1v) is 10.6. The summed E-state index contributed by atoms with van der Waals surface area (Å²) in [6.45, 7) is 0.464. The van der Waals surface area contributed by atoms with Crippen LogP contribution >= 0.6 is 11.8 Å². The van der Waals surface area contributed by atoms with Crippen LogP contribution in [0.15, 0.2) is 58.2 Å². The molecule has 1 aliphatic heterocycles. The Kier molecular flexibility index (Phi) is 6.17. The van der Waals surface area contributed by atoms with Gasteiger partial charge in [-0.15, -0.1) is 10.2 Å². The molecule has 0 aliphatic carbocycles. The predicted molar refractivity (Wildman–Crippen MR) is 110 cm³/mol. The normalized spacial score (nSPS) is 13.2. The van der Waals surface area contributed by atoms with Crippen molar-refractivity contribution in [3.8, 4) is 0 Å². The number of alkyl halides is 3. The van der Waals surface area contributed by atoms with Crippen molar-refractivity contribution >= 4 is 29.3 Å². The Balaban J connectivity index is 1.29. The van der Waals surface area contributed by atoms with Crippen LogP contribution in [0.2, 0.25) is 0 Å². The van der Waals surface area contributed by atoms with E-state index in [9.17, 15) is 22.8 Å². The molecular weight excluding hydrogens is 445 g/mol. The highest BCUT2D eigenvalue weighted by atomic mass is 32.2. The van der Waals surface area contributed by atoms with E-state index in [1.807, 2.05) is 24.3 Å². The molecule has 166 valence electrons. The number of amides is 2. The lowest BCUT2D eigenvalue weighted by Crippen LogP contribution is -2.30. The summed E-state index contributed by atoms with van der Waals surface area (Å²) in [5.41, 5.74) is 0.987. The van der Waals surface area contributed by atoms with Gasteiger partial charge in [0.1, 0.15) is 0 Å². The first kappa shape index (κ1) is 21.9. The van der Waals surface area contributed by atoms with Gasteiger partial charge < -0.3 is 14.6 Å². The van der Waals surface area contributed by atoms with Gasteiger partial charge in [0.05, 0.1) is 17.9 Å². The summed E-state index contributed by atoms with van der Waals surface area (Å²) >= 11 is 1.08. The molecule has 0 spiro atoms. The second kappa shape index (κ2) is 9.03. The topological polar surface area (TPSA) is 88.3 Å². The van der Waals surface area contributed by atoms with Crippen LogP contribution in [-0.2, 0) is 23.9 Å². The van der Waals surface area contributed by atoms with E-state index >= 15 is 0 Å². The number of hydrogen-bond acceptors (Lipinski definition) is 6. The Morgan fingerprint density at radius 3 is 2.75 bits per heavy atom. The molecule has 32 heavy (non-hydrogen) atoms. The number of halogens is 3. The molecule has 2 aromatic carbocycles. The number of hydrogen-bond donors (Lipinski definition) is 1. The number of carbonyl (C=O) groups is 2. The van der Waals surface area contributed by atoms with Crippen LogP contribution in [0.25, 0.3) is 0 Å². The number of fused-ring (bicyclic) bond motifs is 1. The molecule has 0 fully saturated rings. The lowest BCUT2D eigenvalue weighted by Gasteiger charge is -2.16. The Morgan fingerprint density at radius 1 is 1.12 bits per heavy atom. The van der Waals surface area contributed by atoms with Crippen LogP contribution in [0, 0.1) is 0 Å². The van der Waals surface area contributed by atoms with Gasteiger partial charge in [-0.25, -0.2) is 0 Å². The van der Waals surface area contributed by atoms with Gasteiger partial charge in [0.15, 0.2) is 0 Å². The fourth-order valence-electron chi connectivity index (χ4n) is 3.26. The first-order valence-electron chi connectivity index (χ1n) is 9.60. The molecule has 1 aliphatic rings. The van der Waals surface area contributed by atoms with Crippen LogP contribution in [0.3, 0.4) is 0 Å². The molecule has 0 atom stereocenters. The van der Waals surface area contributed by atoms with Crippen molar-refractivity contribution in [1.29, 1.82) is 0 Å². The van der Waals surface area contributed by atoms with Crippen molar-refractivity contribution in [3.05, 3.63) is 71.1 Å². The monoisotopic (exact) mass is 462 g/mol. The third-order valence-corrected chi connectivity index (χ3v) is 5.61. The van der Waals surface area contributed by atoms with Crippen LogP contribution in [0.4, 0.5) is 18.9 Å². The zero-order chi connectivity index (χ0) is 22.7. The number of nitrogens with one attached hydrogen (secondary N) is 1. The Morgan fingerprint density at radius 2 is 1.94 bits per heavy atom. The largest absolute Gasteiger partial charge is 0.416 e. The number of carbonyl (C=O) groups excluding carboxylic acids is 2. The minimum absolute atomic E-state index is 0.0757. The molecule has 2 amide bonds. The molecule has 1 N–H and O–H groups in total. The van der Waals surface area contributed by atoms with Crippen molar-refractivity contribution in [2.75, 3.05) is 17.2 Å². The summed E-state index contributed by atoms with van der Waals surface area (Å²) in [5, 5.41) is 10.2. The maximum absolute atomic E-state index is 12.8. The zero-order valence-corrected chi connectivity index (χ0v) is 17.4. The highest BCUT2D eigenvalue weighted by Gasteiger charge is 2.31. The number of benzene rings is 2. The van der Waals surface area contributed by atoms with Gasteiger partial charge in [-0.05, 0) is 36.2 Å². The van der Waals surface area contributed by atoms with Gasteiger partial charge in [-0.2, -0.15) is 13.2 Å². The fraction of sp³-hybridized carbons (Fsp3) is 0.238. The fourth-order valence-corrected chi connectivity index (χ4v) is 3.92. The van der Waals surface area contributed by atoms with E-state index in [-0.39, 0.29) is 34.9 Å². The molecule has 2 heterocycles. The zero-order valence-electron chi connectivity index (χ0n) is 16.6. The summed E-state index contributed by atoms with van der Waals surface area (Å²) in [6.07, 6.45) is -3.73. The third-order valence-electron chi connectivity index (χ3n) is 4.81. The van der Waals surface area contributed by atoms with Crippen molar-refractivity contribution in [2.45, 2.75) is 24.4 Å². The molecular formula is C21H17F3N4O3S. The van der Waals surface area contributed by atoms with Gasteiger partial charge in [0.25, 0.3) is 11.1 Å². The lowest BCUT2D eigenvalue weighted by molar-refractivity contribution is -0.137. The van der Waals surface area contributed by atoms with Crippen LogP contribution < -0.4 is 10.2 Å². The molecule has 4 rings (SSSR count). The van der Waals surface area contributed by atoms with E-state index in [0.717, 1.165) is 47.6 Å². The van der Waals surface area contributed by atoms with Gasteiger partial charge in [-0.3, -0.25) is 9.59 Å². The van der Waals surface area contributed by atoms with Crippen molar-refractivity contribution in [2.24, 2.45) is 0 Å². The summed E-state index contributed by atoms with van der Waals surface area (Å²) in [5.74, 6) is -0.609. The first-order chi connectivity index (χ1) is 15.3. The summed E-state index contributed by atoms with van der Waals surface area (Å²) in [4.78, 5) is 26.4. The van der Waals surface area contributed by atoms with Crippen molar-refractivity contribution in [3.63, 3.8) is 0 Å². The maximum Gasteiger partial charge on any atom is 0.416 e. The second-order valence-corrected chi connectivity index (χ2v) is 7.86. The molecule has 1 aromatic heterocycles. The predicted octanol–water partition coefficient (Wildman–Crippen LogP) is 3.70.